The van der Waals surface area contributed by atoms with E-state index < -0.39 is 0 Å². The summed E-state index contributed by atoms with van der Waals surface area (Å²) in [5.41, 5.74) is 0.550. The molecule has 0 unspecified atom stereocenters. The van der Waals surface area contributed by atoms with Gasteiger partial charge in [-0.25, -0.2) is 4.39 Å². The molecule has 0 fully saturated rings. The summed E-state index contributed by atoms with van der Waals surface area (Å²) in [4.78, 5) is 0. The first kappa shape index (κ1) is 9.49. The lowest BCUT2D eigenvalue weighted by atomic mass is 10.2. The molecule has 0 heterocycles. The van der Waals surface area contributed by atoms with Crippen LogP contribution in [0.3, 0.4) is 0 Å². The molecule has 0 radical (unpaired) electrons. The van der Waals surface area contributed by atoms with E-state index in [9.17, 15) is 4.39 Å². The second-order valence-corrected chi connectivity index (χ2v) is 5.46. The van der Waals surface area contributed by atoms with Crippen molar-refractivity contribution in [2.45, 2.75) is 3.74 Å². The van der Waals surface area contributed by atoms with Gasteiger partial charge in [-0.1, -0.05) is 49.5 Å². The first-order chi connectivity index (χ1) is 5.11. The first-order valence-electron chi connectivity index (χ1n) is 2.84. The van der Waals surface area contributed by atoms with E-state index in [2.05, 4.69) is 31.9 Å². The zero-order valence-corrected chi connectivity index (χ0v) is 9.25. The molecule has 1 aromatic rings. The number of benzene rings is 1. The quantitative estimate of drug-likeness (QED) is 0.680. The number of rotatable bonds is 1. The topological polar surface area (TPSA) is 0 Å². The summed E-state index contributed by atoms with van der Waals surface area (Å²) in [5.74, 6) is -0.309. The Kier molecular flexibility index (Phi) is 3.34. The van der Waals surface area contributed by atoms with E-state index in [0.29, 0.717) is 10.6 Å². The number of hydrogen-bond acceptors (Lipinski definition) is 0. The van der Waals surface area contributed by atoms with Crippen LogP contribution < -0.4 is 0 Å². The van der Waals surface area contributed by atoms with Crippen molar-refractivity contribution in [3.63, 3.8) is 0 Å². The minimum absolute atomic E-state index is 0.160. The van der Waals surface area contributed by atoms with Crippen LogP contribution in [0.1, 0.15) is 9.30 Å². The lowest BCUT2D eigenvalue weighted by molar-refractivity contribution is 0.617. The van der Waals surface area contributed by atoms with E-state index in [-0.39, 0.29) is 9.55 Å². The zero-order chi connectivity index (χ0) is 8.43. The molecule has 0 amide bonds. The number of hydrogen-bond donors (Lipinski definition) is 0. The highest BCUT2D eigenvalue weighted by molar-refractivity contribution is 9.24. The fourth-order valence-electron chi connectivity index (χ4n) is 0.678. The molecule has 1 rings (SSSR count). The molecular weight excluding hydrogens is 298 g/mol. The Morgan fingerprint density at radius 1 is 1.36 bits per heavy atom. The van der Waals surface area contributed by atoms with Crippen molar-refractivity contribution in [1.29, 1.82) is 0 Å². The van der Waals surface area contributed by atoms with Gasteiger partial charge in [0.1, 0.15) is 5.82 Å². The standard InChI is InChI=1S/C7H4Br2ClF/c8-7(9)5-2-1-4(10)3-6(5)11/h1-3,7H. The van der Waals surface area contributed by atoms with Crippen molar-refractivity contribution in [3.8, 4) is 0 Å². The van der Waals surface area contributed by atoms with Gasteiger partial charge in [-0.3, -0.25) is 0 Å². The Bertz CT molecular complexity index is 263. The van der Waals surface area contributed by atoms with E-state index >= 15 is 0 Å². The highest BCUT2D eigenvalue weighted by Gasteiger charge is 2.08. The van der Waals surface area contributed by atoms with Gasteiger partial charge in [0.15, 0.2) is 0 Å². The summed E-state index contributed by atoms with van der Waals surface area (Å²) in [6.07, 6.45) is 0. The SMILES string of the molecule is Fc1cc(Cl)ccc1C(Br)Br. The van der Waals surface area contributed by atoms with Gasteiger partial charge < -0.3 is 0 Å². The molecule has 0 bridgehead atoms. The van der Waals surface area contributed by atoms with Crippen molar-refractivity contribution in [2.75, 3.05) is 0 Å². The highest BCUT2D eigenvalue weighted by atomic mass is 79.9. The average molecular weight is 302 g/mol. The molecule has 4 heteroatoms. The molecule has 0 aliphatic carbocycles. The Morgan fingerprint density at radius 2 is 2.00 bits per heavy atom. The lowest BCUT2D eigenvalue weighted by Gasteiger charge is -2.02. The lowest BCUT2D eigenvalue weighted by Crippen LogP contribution is -1.86. The maximum atomic E-state index is 13.0. The van der Waals surface area contributed by atoms with Crippen molar-refractivity contribution < 1.29 is 4.39 Å². The van der Waals surface area contributed by atoms with Crippen LogP contribution >= 0.6 is 43.5 Å². The van der Waals surface area contributed by atoms with Crippen LogP contribution in [-0.2, 0) is 0 Å². The van der Waals surface area contributed by atoms with Gasteiger partial charge in [-0.2, -0.15) is 0 Å². The minimum atomic E-state index is -0.309. The third-order valence-electron chi connectivity index (χ3n) is 1.20. The van der Waals surface area contributed by atoms with Crippen LogP contribution in [0.25, 0.3) is 0 Å². The summed E-state index contributed by atoms with van der Waals surface area (Å²) in [6.45, 7) is 0. The van der Waals surface area contributed by atoms with Crippen molar-refractivity contribution >= 4 is 43.5 Å². The third-order valence-corrected chi connectivity index (χ3v) is 2.42. The third kappa shape index (κ3) is 2.42. The minimum Gasteiger partial charge on any atom is -0.207 e. The Morgan fingerprint density at radius 3 is 2.45 bits per heavy atom. The Balaban J connectivity index is 3.09. The molecule has 0 atom stereocenters. The van der Waals surface area contributed by atoms with Crippen LogP contribution in [0.2, 0.25) is 5.02 Å². The molecule has 0 nitrogen and oxygen atoms in total. The highest BCUT2D eigenvalue weighted by Crippen LogP contribution is 2.31. The molecular formula is C7H4Br2ClF. The predicted molar refractivity (Wildman–Crippen MR) is 52.0 cm³/mol. The Labute approximate surface area is 86.0 Å². The van der Waals surface area contributed by atoms with Crippen molar-refractivity contribution in [1.82, 2.24) is 0 Å². The summed E-state index contributed by atoms with van der Waals surface area (Å²) >= 11 is 11.9. The van der Waals surface area contributed by atoms with Crippen molar-refractivity contribution in [3.05, 3.63) is 34.6 Å². The molecule has 0 aromatic heterocycles. The van der Waals surface area contributed by atoms with Gasteiger partial charge in [-0.15, -0.1) is 0 Å². The van der Waals surface area contributed by atoms with Gasteiger partial charge in [0.2, 0.25) is 0 Å². The zero-order valence-electron chi connectivity index (χ0n) is 5.32. The average Bonchev–Trinajstić information content (AvgIpc) is 1.85. The number of halogens is 4. The van der Waals surface area contributed by atoms with Gasteiger partial charge >= 0.3 is 0 Å². The first-order valence-corrected chi connectivity index (χ1v) is 5.05. The molecule has 11 heavy (non-hydrogen) atoms. The van der Waals surface area contributed by atoms with Crippen LogP contribution in [0, 0.1) is 5.82 Å². The number of alkyl halides is 2. The molecule has 0 saturated carbocycles. The van der Waals surface area contributed by atoms with E-state index in [1.807, 2.05) is 0 Å². The summed E-state index contributed by atoms with van der Waals surface area (Å²) in [5, 5.41) is 0.409. The fraction of sp³-hybridized carbons (Fsp3) is 0.143. The van der Waals surface area contributed by atoms with E-state index in [1.165, 1.54) is 6.07 Å². The van der Waals surface area contributed by atoms with Crippen LogP contribution in [-0.4, -0.2) is 0 Å². The summed E-state index contributed by atoms with van der Waals surface area (Å²) < 4.78 is 12.8. The summed E-state index contributed by atoms with van der Waals surface area (Å²) in [7, 11) is 0. The van der Waals surface area contributed by atoms with Gasteiger partial charge in [-0.05, 0) is 12.1 Å². The molecule has 0 saturated heterocycles. The van der Waals surface area contributed by atoms with Crippen LogP contribution in [0.4, 0.5) is 4.39 Å². The molecule has 1 aromatic carbocycles. The predicted octanol–water partition coefficient (Wildman–Crippen LogP) is 4.27. The molecule has 0 aliphatic rings. The van der Waals surface area contributed by atoms with Gasteiger partial charge in [0.25, 0.3) is 0 Å². The molecule has 0 spiro atoms. The Hall–Kier alpha value is 0.400. The largest absolute Gasteiger partial charge is 0.207 e. The molecule has 0 N–H and O–H groups in total. The van der Waals surface area contributed by atoms with Gasteiger partial charge in [0.05, 0.1) is 3.74 Å². The van der Waals surface area contributed by atoms with Gasteiger partial charge in [0, 0.05) is 10.6 Å². The summed E-state index contributed by atoms with van der Waals surface area (Å²) in [6, 6.07) is 4.56. The molecule has 0 aliphatic heterocycles. The van der Waals surface area contributed by atoms with E-state index in [4.69, 9.17) is 11.6 Å². The fourth-order valence-corrected chi connectivity index (χ4v) is 1.58. The maximum Gasteiger partial charge on any atom is 0.129 e. The van der Waals surface area contributed by atoms with E-state index in [1.54, 1.807) is 12.1 Å². The second kappa shape index (κ2) is 3.87. The monoisotopic (exact) mass is 300 g/mol. The van der Waals surface area contributed by atoms with E-state index in [0.717, 1.165) is 0 Å². The normalized spacial score (nSPS) is 10.6. The smallest absolute Gasteiger partial charge is 0.129 e. The van der Waals surface area contributed by atoms with Crippen LogP contribution in [0.5, 0.6) is 0 Å². The maximum absolute atomic E-state index is 13.0. The van der Waals surface area contributed by atoms with Crippen LogP contribution in [0.15, 0.2) is 18.2 Å². The molecule has 60 valence electrons. The second-order valence-electron chi connectivity index (χ2n) is 1.97. The van der Waals surface area contributed by atoms with Crippen molar-refractivity contribution in [2.24, 2.45) is 0 Å².